The second kappa shape index (κ2) is 7.12. The van der Waals surface area contributed by atoms with Crippen molar-refractivity contribution in [2.24, 2.45) is 11.8 Å². The average Bonchev–Trinajstić information content (AvgIpc) is 3.29. The zero-order valence-corrected chi connectivity index (χ0v) is 11.9. The van der Waals surface area contributed by atoms with E-state index in [1.807, 2.05) is 12.1 Å². The summed E-state index contributed by atoms with van der Waals surface area (Å²) in [5.41, 5.74) is 1.45. The number of carbonyl (C=O) groups is 1. The number of hydrogen-bond acceptors (Lipinski definition) is 2. The Balaban J connectivity index is 1.92. The van der Waals surface area contributed by atoms with E-state index in [4.69, 9.17) is 5.11 Å². The van der Waals surface area contributed by atoms with Gasteiger partial charge in [-0.3, -0.25) is 4.79 Å². The highest BCUT2D eigenvalue weighted by Gasteiger charge is 2.27. The predicted octanol–water partition coefficient (Wildman–Crippen LogP) is 2.20. The number of aliphatic hydroxyl groups is 1. The quantitative estimate of drug-likeness (QED) is 0.807. The molecular formula is C17H21NO2. The number of amides is 1. The van der Waals surface area contributed by atoms with Crippen LogP contribution >= 0.6 is 0 Å². The van der Waals surface area contributed by atoms with E-state index in [1.165, 1.54) is 12.8 Å². The Kier molecular flexibility index (Phi) is 5.20. The number of aliphatic hydroxyl groups excluding tert-OH is 1. The number of carbonyl (C=O) groups excluding carboxylic acids is 1. The van der Waals surface area contributed by atoms with Crippen molar-refractivity contribution in [1.82, 2.24) is 5.32 Å². The molecule has 1 fully saturated rings. The lowest BCUT2D eigenvalue weighted by molar-refractivity contribution is 0.0946. The summed E-state index contributed by atoms with van der Waals surface area (Å²) in [7, 11) is 0. The molecule has 1 aliphatic carbocycles. The summed E-state index contributed by atoms with van der Waals surface area (Å²) in [5.74, 6) is 7.12. The Bertz CT molecular complexity index is 523. The Labute approximate surface area is 120 Å². The van der Waals surface area contributed by atoms with Gasteiger partial charge in [-0.1, -0.05) is 24.8 Å². The van der Waals surface area contributed by atoms with Gasteiger partial charge in [-0.15, -0.1) is 0 Å². The highest BCUT2D eigenvalue weighted by atomic mass is 16.2. The van der Waals surface area contributed by atoms with Crippen LogP contribution in [0.2, 0.25) is 0 Å². The molecule has 0 spiro atoms. The molecule has 3 nitrogen and oxygen atoms in total. The summed E-state index contributed by atoms with van der Waals surface area (Å²) in [6.45, 7) is 2.99. The fourth-order valence-corrected chi connectivity index (χ4v) is 2.15. The van der Waals surface area contributed by atoms with Crippen molar-refractivity contribution in [2.75, 3.05) is 13.2 Å². The molecule has 3 heteroatoms. The lowest BCUT2D eigenvalue weighted by Gasteiger charge is -2.11. The molecule has 2 rings (SSSR count). The zero-order valence-electron chi connectivity index (χ0n) is 11.9. The first-order valence-corrected chi connectivity index (χ1v) is 7.18. The Morgan fingerprint density at radius 1 is 1.50 bits per heavy atom. The minimum absolute atomic E-state index is 0.0386. The van der Waals surface area contributed by atoms with E-state index in [9.17, 15) is 4.79 Å². The fourth-order valence-electron chi connectivity index (χ4n) is 2.15. The van der Waals surface area contributed by atoms with Gasteiger partial charge in [0.25, 0.3) is 5.91 Å². The molecule has 1 aromatic rings. The monoisotopic (exact) mass is 271 g/mol. The Morgan fingerprint density at radius 2 is 2.30 bits per heavy atom. The van der Waals surface area contributed by atoms with Crippen molar-refractivity contribution >= 4 is 5.91 Å². The zero-order chi connectivity index (χ0) is 14.4. The molecule has 2 N–H and O–H groups in total. The molecule has 0 radical (unpaired) electrons. The normalized spacial score (nSPS) is 15.1. The summed E-state index contributed by atoms with van der Waals surface area (Å²) < 4.78 is 0. The van der Waals surface area contributed by atoms with Crippen LogP contribution in [0.4, 0.5) is 0 Å². The molecule has 0 bridgehead atoms. The molecule has 1 saturated carbocycles. The van der Waals surface area contributed by atoms with Gasteiger partial charge in [0.2, 0.25) is 0 Å². The van der Waals surface area contributed by atoms with Crippen LogP contribution < -0.4 is 5.32 Å². The van der Waals surface area contributed by atoms with E-state index in [-0.39, 0.29) is 12.5 Å². The topological polar surface area (TPSA) is 49.3 Å². The highest BCUT2D eigenvalue weighted by molar-refractivity contribution is 5.94. The smallest absolute Gasteiger partial charge is 0.251 e. The second-order valence-electron chi connectivity index (χ2n) is 5.38. The van der Waals surface area contributed by atoms with E-state index in [2.05, 4.69) is 24.1 Å². The van der Waals surface area contributed by atoms with Crippen LogP contribution in [0, 0.1) is 23.7 Å². The van der Waals surface area contributed by atoms with Gasteiger partial charge < -0.3 is 10.4 Å². The van der Waals surface area contributed by atoms with Crippen molar-refractivity contribution < 1.29 is 9.90 Å². The molecule has 20 heavy (non-hydrogen) atoms. The van der Waals surface area contributed by atoms with Crippen molar-refractivity contribution in [3.63, 3.8) is 0 Å². The van der Waals surface area contributed by atoms with Crippen molar-refractivity contribution in [1.29, 1.82) is 0 Å². The van der Waals surface area contributed by atoms with Gasteiger partial charge >= 0.3 is 0 Å². The largest absolute Gasteiger partial charge is 0.395 e. The third-order valence-electron chi connectivity index (χ3n) is 3.61. The maximum Gasteiger partial charge on any atom is 0.251 e. The number of nitrogens with one attached hydrogen (secondary N) is 1. The van der Waals surface area contributed by atoms with Gasteiger partial charge in [0.1, 0.15) is 0 Å². The van der Waals surface area contributed by atoms with Gasteiger partial charge in [0, 0.05) is 24.1 Å². The Hall–Kier alpha value is -1.79. The van der Waals surface area contributed by atoms with Crippen molar-refractivity contribution in [2.45, 2.75) is 26.2 Å². The van der Waals surface area contributed by atoms with E-state index in [0.29, 0.717) is 17.9 Å². The summed E-state index contributed by atoms with van der Waals surface area (Å²) in [6, 6.07) is 7.30. The summed E-state index contributed by atoms with van der Waals surface area (Å²) in [6.07, 6.45) is 3.05. The molecule has 106 valence electrons. The average molecular weight is 271 g/mol. The molecule has 1 amide bonds. The van der Waals surface area contributed by atoms with Crippen LogP contribution in [0.25, 0.3) is 0 Å². The fraction of sp³-hybridized carbons (Fsp3) is 0.471. The predicted molar refractivity (Wildman–Crippen MR) is 79.2 cm³/mol. The van der Waals surface area contributed by atoms with E-state index in [1.54, 1.807) is 12.1 Å². The minimum Gasteiger partial charge on any atom is -0.395 e. The third-order valence-corrected chi connectivity index (χ3v) is 3.61. The SMILES string of the molecule is CC(CNC(=O)c1cccc(C#CCCO)c1)C1CC1. The van der Waals surface area contributed by atoms with Crippen LogP contribution in [0.15, 0.2) is 24.3 Å². The molecule has 1 unspecified atom stereocenters. The van der Waals surface area contributed by atoms with Gasteiger partial charge in [-0.2, -0.15) is 0 Å². The van der Waals surface area contributed by atoms with E-state index in [0.717, 1.165) is 18.0 Å². The third kappa shape index (κ3) is 4.40. The molecular weight excluding hydrogens is 250 g/mol. The van der Waals surface area contributed by atoms with Crippen molar-refractivity contribution in [3.05, 3.63) is 35.4 Å². The van der Waals surface area contributed by atoms with Crippen molar-refractivity contribution in [3.8, 4) is 11.8 Å². The molecule has 1 atom stereocenters. The van der Waals surface area contributed by atoms with E-state index < -0.39 is 0 Å². The number of hydrogen-bond donors (Lipinski definition) is 2. The molecule has 0 heterocycles. The number of benzene rings is 1. The Morgan fingerprint density at radius 3 is 3.00 bits per heavy atom. The second-order valence-corrected chi connectivity index (χ2v) is 5.38. The first-order chi connectivity index (χ1) is 9.70. The van der Waals surface area contributed by atoms with Gasteiger partial charge in [-0.25, -0.2) is 0 Å². The van der Waals surface area contributed by atoms with E-state index >= 15 is 0 Å². The minimum atomic E-state index is -0.0386. The van der Waals surface area contributed by atoms with Crippen LogP contribution in [-0.2, 0) is 0 Å². The summed E-state index contributed by atoms with van der Waals surface area (Å²) in [4.78, 5) is 12.1. The summed E-state index contributed by atoms with van der Waals surface area (Å²) >= 11 is 0. The summed E-state index contributed by atoms with van der Waals surface area (Å²) in [5, 5.41) is 11.7. The molecule has 0 aliphatic heterocycles. The molecule has 0 aromatic heterocycles. The highest BCUT2D eigenvalue weighted by Crippen LogP contribution is 2.36. The molecule has 0 saturated heterocycles. The molecule has 1 aliphatic rings. The molecule has 1 aromatic carbocycles. The lowest BCUT2D eigenvalue weighted by atomic mass is 10.1. The van der Waals surface area contributed by atoms with Crippen LogP contribution in [0.3, 0.4) is 0 Å². The number of rotatable bonds is 5. The maximum absolute atomic E-state index is 12.1. The first-order valence-electron chi connectivity index (χ1n) is 7.18. The van der Waals surface area contributed by atoms with Crippen LogP contribution in [-0.4, -0.2) is 24.2 Å². The first kappa shape index (κ1) is 14.6. The standard InChI is InChI=1S/C17H21NO2/c1-13(15-8-9-15)12-18-17(20)16-7-4-6-14(11-16)5-2-3-10-19/h4,6-7,11,13,15,19H,3,8-10,12H2,1H3,(H,18,20). The van der Waals surface area contributed by atoms with Crippen LogP contribution in [0.5, 0.6) is 0 Å². The lowest BCUT2D eigenvalue weighted by Crippen LogP contribution is -2.29. The van der Waals surface area contributed by atoms with Gasteiger partial charge in [-0.05, 0) is 42.9 Å². The van der Waals surface area contributed by atoms with Gasteiger partial charge in [0.05, 0.1) is 6.61 Å². The van der Waals surface area contributed by atoms with Gasteiger partial charge in [0.15, 0.2) is 0 Å². The van der Waals surface area contributed by atoms with Crippen LogP contribution in [0.1, 0.15) is 42.1 Å². The maximum atomic E-state index is 12.1.